The standard InChI is InChI=1S/C17H21N3O3S/c21-15(19-12-6-3-1-2-4-7-12)14-10-18-17(23)20(16(14)22)11-13-8-5-9-24-13/h5,8-10,12H,1-4,6-7,11H2,(H,18,23)(H,19,21). The highest BCUT2D eigenvalue weighted by molar-refractivity contribution is 7.09. The Labute approximate surface area is 143 Å². The lowest BCUT2D eigenvalue weighted by Gasteiger charge is -2.16. The van der Waals surface area contributed by atoms with Crippen LogP contribution in [0.15, 0.2) is 33.3 Å². The lowest BCUT2D eigenvalue weighted by molar-refractivity contribution is 0.0930. The molecule has 6 nitrogen and oxygen atoms in total. The maximum absolute atomic E-state index is 12.6. The smallest absolute Gasteiger partial charge is 0.328 e. The highest BCUT2D eigenvalue weighted by Gasteiger charge is 2.19. The molecule has 1 aliphatic carbocycles. The van der Waals surface area contributed by atoms with Crippen molar-refractivity contribution in [3.8, 4) is 0 Å². The van der Waals surface area contributed by atoms with Crippen LogP contribution in [-0.4, -0.2) is 21.5 Å². The number of hydrogen-bond donors (Lipinski definition) is 2. The van der Waals surface area contributed by atoms with Gasteiger partial charge in [-0.2, -0.15) is 0 Å². The van der Waals surface area contributed by atoms with E-state index in [1.165, 1.54) is 30.4 Å². The van der Waals surface area contributed by atoms with Crippen LogP contribution in [0.4, 0.5) is 0 Å². The van der Waals surface area contributed by atoms with Crippen LogP contribution in [-0.2, 0) is 6.54 Å². The quantitative estimate of drug-likeness (QED) is 0.831. The number of amides is 1. The molecule has 128 valence electrons. The Morgan fingerprint density at radius 2 is 2.00 bits per heavy atom. The van der Waals surface area contributed by atoms with Gasteiger partial charge in [0.25, 0.3) is 11.5 Å². The maximum Gasteiger partial charge on any atom is 0.328 e. The molecular weight excluding hydrogens is 326 g/mol. The number of rotatable bonds is 4. The van der Waals surface area contributed by atoms with Crippen molar-refractivity contribution >= 4 is 17.2 Å². The fraction of sp³-hybridized carbons (Fsp3) is 0.471. The number of carbonyl (C=O) groups excluding carboxylic acids is 1. The molecule has 0 bridgehead atoms. The van der Waals surface area contributed by atoms with Crippen LogP contribution in [0.1, 0.15) is 53.8 Å². The molecule has 0 radical (unpaired) electrons. The zero-order valence-corrected chi connectivity index (χ0v) is 14.2. The maximum atomic E-state index is 12.6. The third-order valence-corrected chi connectivity index (χ3v) is 5.25. The Morgan fingerprint density at radius 1 is 1.25 bits per heavy atom. The van der Waals surface area contributed by atoms with Gasteiger partial charge >= 0.3 is 5.69 Å². The second-order valence-electron chi connectivity index (χ2n) is 6.14. The lowest BCUT2D eigenvalue weighted by Crippen LogP contribution is -2.43. The number of aromatic amines is 1. The van der Waals surface area contributed by atoms with E-state index in [2.05, 4.69) is 10.3 Å². The Morgan fingerprint density at radius 3 is 2.67 bits per heavy atom. The van der Waals surface area contributed by atoms with E-state index in [9.17, 15) is 14.4 Å². The van der Waals surface area contributed by atoms with Crippen LogP contribution in [0.2, 0.25) is 0 Å². The average molecular weight is 347 g/mol. The topological polar surface area (TPSA) is 84.0 Å². The van der Waals surface area contributed by atoms with E-state index in [1.807, 2.05) is 17.5 Å². The van der Waals surface area contributed by atoms with Gasteiger partial charge in [-0.15, -0.1) is 11.3 Å². The van der Waals surface area contributed by atoms with Crippen molar-refractivity contribution in [2.24, 2.45) is 0 Å². The monoisotopic (exact) mass is 347 g/mol. The van der Waals surface area contributed by atoms with Crippen LogP contribution in [0, 0.1) is 0 Å². The van der Waals surface area contributed by atoms with E-state index >= 15 is 0 Å². The number of nitrogens with zero attached hydrogens (tertiary/aromatic N) is 1. The molecule has 1 amide bonds. The zero-order chi connectivity index (χ0) is 16.9. The van der Waals surface area contributed by atoms with Gasteiger partial charge in [-0.1, -0.05) is 31.7 Å². The van der Waals surface area contributed by atoms with E-state index in [1.54, 1.807) is 0 Å². The first kappa shape index (κ1) is 16.7. The van der Waals surface area contributed by atoms with Crippen LogP contribution >= 0.6 is 11.3 Å². The fourth-order valence-electron chi connectivity index (χ4n) is 3.06. The van der Waals surface area contributed by atoms with Gasteiger partial charge < -0.3 is 10.3 Å². The van der Waals surface area contributed by atoms with Crippen LogP contribution in [0.25, 0.3) is 0 Å². The number of carbonyl (C=O) groups is 1. The average Bonchev–Trinajstić information content (AvgIpc) is 2.94. The number of thiophene rings is 1. The molecule has 7 heteroatoms. The molecule has 1 saturated carbocycles. The summed E-state index contributed by atoms with van der Waals surface area (Å²) in [7, 11) is 0. The molecule has 0 unspecified atom stereocenters. The predicted molar refractivity (Wildman–Crippen MR) is 93.7 cm³/mol. The van der Waals surface area contributed by atoms with E-state index in [4.69, 9.17) is 0 Å². The number of nitrogens with one attached hydrogen (secondary N) is 2. The number of aromatic nitrogens is 2. The molecule has 3 rings (SSSR count). The summed E-state index contributed by atoms with van der Waals surface area (Å²) in [5, 5.41) is 4.84. The molecule has 2 heterocycles. The summed E-state index contributed by atoms with van der Waals surface area (Å²) in [6.07, 6.45) is 7.69. The van der Waals surface area contributed by atoms with Gasteiger partial charge in [0.15, 0.2) is 0 Å². The summed E-state index contributed by atoms with van der Waals surface area (Å²) < 4.78 is 1.08. The van der Waals surface area contributed by atoms with Crippen LogP contribution in [0.5, 0.6) is 0 Å². The SMILES string of the molecule is O=C(NC1CCCCCC1)c1c[nH]c(=O)n(Cc2cccs2)c1=O. The van der Waals surface area contributed by atoms with Gasteiger partial charge in [-0.05, 0) is 24.3 Å². The molecule has 0 saturated heterocycles. The summed E-state index contributed by atoms with van der Waals surface area (Å²) in [5.41, 5.74) is -1.05. The second kappa shape index (κ2) is 7.61. The largest absolute Gasteiger partial charge is 0.349 e. The van der Waals surface area contributed by atoms with Crippen LogP contribution < -0.4 is 16.6 Å². The molecule has 2 aromatic heterocycles. The third kappa shape index (κ3) is 3.84. The van der Waals surface area contributed by atoms with Gasteiger partial charge in [0.2, 0.25) is 0 Å². The molecule has 24 heavy (non-hydrogen) atoms. The molecule has 0 spiro atoms. The van der Waals surface area contributed by atoms with E-state index in [-0.39, 0.29) is 18.2 Å². The van der Waals surface area contributed by atoms with Crippen molar-refractivity contribution in [2.45, 2.75) is 51.1 Å². The molecular formula is C17H21N3O3S. The summed E-state index contributed by atoms with van der Waals surface area (Å²) in [6, 6.07) is 3.83. The zero-order valence-electron chi connectivity index (χ0n) is 13.4. The highest BCUT2D eigenvalue weighted by atomic mass is 32.1. The first-order chi connectivity index (χ1) is 11.6. The minimum absolute atomic E-state index is 0.00426. The predicted octanol–water partition coefficient (Wildman–Crippen LogP) is 2.10. The van der Waals surface area contributed by atoms with Gasteiger partial charge in [-0.25, -0.2) is 4.79 Å². The van der Waals surface area contributed by atoms with E-state index in [0.717, 1.165) is 35.1 Å². The number of H-pyrrole nitrogens is 1. The first-order valence-electron chi connectivity index (χ1n) is 8.31. The van der Waals surface area contributed by atoms with Crippen molar-refractivity contribution in [3.05, 3.63) is 55.0 Å². The Balaban J connectivity index is 1.81. The summed E-state index contributed by atoms with van der Waals surface area (Å²) >= 11 is 1.47. The second-order valence-corrected chi connectivity index (χ2v) is 7.17. The summed E-state index contributed by atoms with van der Waals surface area (Å²) in [4.78, 5) is 40.4. The van der Waals surface area contributed by atoms with Crippen molar-refractivity contribution in [1.82, 2.24) is 14.9 Å². The van der Waals surface area contributed by atoms with Crippen molar-refractivity contribution in [2.75, 3.05) is 0 Å². The molecule has 2 N–H and O–H groups in total. The van der Waals surface area contributed by atoms with Crippen molar-refractivity contribution in [1.29, 1.82) is 0 Å². The van der Waals surface area contributed by atoms with Crippen LogP contribution in [0.3, 0.4) is 0 Å². The summed E-state index contributed by atoms with van der Waals surface area (Å²) in [6.45, 7) is 0.177. The minimum Gasteiger partial charge on any atom is -0.349 e. The lowest BCUT2D eigenvalue weighted by atomic mass is 10.1. The van der Waals surface area contributed by atoms with E-state index in [0.29, 0.717) is 0 Å². The molecule has 0 aliphatic heterocycles. The van der Waals surface area contributed by atoms with E-state index < -0.39 is 17.2 Å². The number of hydrogen-bond acceptors (Lipinski definition) is 4. The van der Waals surface area contributed by atoms with Gasteiger partial charge in [0, 0.05) is 17.1 Å². The minimum atomic E-state index is -0.543. The molecule has 0 atom stereocenters. The highest BCUT2D eigenvalue weighted by Crippen LogP contribution is 2.17. The molecule has 2 aromatic rings. The van der Waals surface area contributed by atoms with Gasteiger partial charge in [0.05, 0.1) is 6.54 Å². The molecule has 0 aromatic carbocycles. The van der Waals surface area contributed by atoms with Gasteiger partial charge in [0.1, 0.15) is 5.56 Å². The van der Waals surface area contributed by atoms with Crippen molar-refractivity contribution in [3.63, 3.8) is 0 Å². The first-order valence-corrected chi connectivity index (χ1v) is 9.19. The third-order valence-electron chi connectivity index (χ3n) is 4.39. The molecule has 1 aliphatic rings. The van der Waals surface area contributed by atoms with Gasteiger partial charge in [-0.3, -0.25) is 14.2 Å². The summed E-state index contributed by atoms with van der Waals surface area (Å²) in [5.74, 6) is -0.400. The normalized spacial score (nSPS) is 15.8. The molecule has 1 fully saturated rings. The fourth-order valence-corrected chi connectivity index (χ4v) is 3.76. The Bertz CT molecular complexity index is 799. The Kier molecular flexibility index (Phi) is 5.30. The van der Waals surface area contributed by atoms with Crippen molar-refractivity contribution < 1.29 is 4.79 Å². The Hall–Kier alpha value is -2.15.